The summed E-state index contributed by atoms with van der Waals surface area (Å²) in [6, 6.07) is 0. The molecule has 5 unspecified atom stereocenters. The number of carbonyl (C=O) groups is 4. The molecule has 0 aromatic rings. The number of phosphoric acid groups is 2. The van der Waals surface area contributed by atoms with Gasteiger partial charge in [0.15, 0.2) is 12.2 Å². The van der Waals surface area contributed by atoms with Crippen LogP contribution in [0.2, 0.25) is 0 Å². The summed E-state index contributed by atoms with van der Waals surface area (Å²) in [5, 5.41) is 10.6. The quantitative estimate of drug-likeness (QED) is 0.0222. The standard InChI is InChI=1S/C81H158O17P2/c1-9-73(7)59-51-43-35-29-25-21-17-13-11-12-14-18-22-26-30-36-45-53-61-78(83)91-67-76(97-80(85)63-55-47-37-31-27-23-19-15-16-20-24-28-33-41-49-57-71(3)4)69-95-99(87,88)93-65-75(82)66-94-100(89,90)96-70-77(98-81(86)64-56-48-40-39-44-52-60-74(8)10-2)68-92-79(84)62-54-46-38-32-34-42-50-58-72(5)6/h71-77,82H,9-70H2,1-8H3,(H,87,88)(H,89,90)/t73?,74?,75?,76-,77-/m1/s1. The average Bonchev–Trinajstić information content (AvgIpc) is 1.13. The Morgan fingerprint density at radius 1 is 0.280 bits per heavy atom. The van der Waals surface area contributed by atoms with Crippen LogP contribution in [0.4, 0.5) is 0 Å². The lowest BCUT2D eigenvalue weighted by molar-refractivity contribution is -0.161. The number of hydrogen-bond acceptors (Lipinski definition) is 15. The summed E-state index contributed by atoms with van der Waals surface area (Å²) in [5.41, 5.74) is 0. The van der Waals surface area contributed by atoms with Gasteiger partial charge < -0.3 is 33.8 Å². The highest BCUT2D eigenvalue weighted by atomic mass is 31.2. The SMILES string of the molecule is CCC(C)CCCCCCCCCCCCCCCCCCCCC(=O)OC[C@H](COP(=O)(O)OCC(O)COP(=O)(O)OC[C@@H](COC(=O)CCCCCCCCCC(C)C)OC(=O)CCCCCCCCC(C)CC)OC(=O)CCCCCCCCCCCCCCCCCC(C)C. The van der Waals surface area contributed by atoms with Gasteiger partial charge in [-0.15, -0.1) is 0 Å². The van der Waals surface area contributed by atoms with E-state index in [0.717, 1.165) is 114 Å². The van der Waals surface area contributed by atoms with Crippen molar-refractivity contribution in [3.05, 3.63) is 0 Å². The molecule has 3 N–H and O–H groups in total. The van der Waals surface area contributed by atoms with Crippen LogP contribution in [0.15, 0.2) is 0 Å². The van der Waals surface area contributed by atoms with Crippen LogP contribution in [-0.4, -0.2) is 96.7 Å². The third kappa shape index (κ3) is 71.7. The predicted molar refractivity (Wildman–Crippen MR) is 409 cm³/mol. The number of aliphatic hydroxyl groups is 1. The van der Waals surface area contributed by atoms with E-state index < -0.39 is 97.5 Å². The number of aliphatic hydroxyl groups excluding tert-OH is 1. The lowest BCUT2D eigenvalue weighted by Gasteiger charge is -2.21. The zero-order valence-electron chi connectivity index (χ0n) is 65.8. The van der Waals surface area contributed by atoms with Gasteiger partial charge in [-0.3, -0.25) is 37.3 Å². The molecule has 0 spiro atoms. The number of ether oxygens (including phenoxy) is 4. The molecule has 0 radical (unpaired) electrons. The first-order chi connectivity index (χ1) is 48.2. The first-order valence-electron chi connectivity index (χ1n) is 41.8. The van der Waals surface area contributed by atoms with E-state index >= 15 is 0 Å². The molecule has 0 aliphatic carbocycles. The maximum atomic E-state index is 13.1. The monoisotopic (exact) mass is 1470 g/mol. The van der Waals surface area contributed by atoms with Gasteiger partial charge in [-0.1, -0.05) is 364 Å². The molecule has 0 aromatic heterocycles. The number of rotatable bonds is 78. The van der Waals surface area contributed by atoms with Crippen molar-refractivity contribution in [1.82, 2.24) is 0 Å². The van der Waals surface area contributed by atoms with Crippen LogP contribution in [0.3, 0.4) is 0 Å². The maximum Gasteiger partial charge on any atom is 0.472 e. The summed E-state index contributed by atoms with van der Waals surface area (Å²) in [6.45, 7) is 14.2. The minimum Gasteiger partial charge on any atom is -0.462 e. The fraction of sp³-hybridized carbons (Fsp3) is 0.951. The van der Waals surface area contributed by atoms with E-state index in [4.69, 9.17) is 37.0 Å². The van der Waals surface area contributed by atoms with Gasteiger partial charge in [0.25, 0.3) is 0 Å². The molecule has 0 saturated heterocycles. The van der Waals surface area contributed by atoms with Crippen LogP contribution in [0.25, 0.3) is 0 Å². The zero-order chi connectivity index (χ0) is 73.8. The Kier molecular flexibility index (Phi) is 68.7. The Hall–Kier alpha value is -1.94. The Balaban J connectivity index is 5.19. The molecule has 19 heteroatoms. The van der Waals surface area contributed by atoms with E-state index in [2.05, 4.69) is 55.4 Å². The van der Waals surface area contributed by atoms with E-state index in [1.807, 2.05) is 0 Å². The third-order valence-corrected chi connectivity index (χ3v) is 21.4. The molecule has 0 saturated carbocycles. The van der Waals surface area contributed by atoms with Gasteiger partial charge in [-0.05, 0) is 49.4 Å². The number of esters is 4. The van der Waals surface area contributed by atoms with Crippen molar-refractivity contribution >= 4 is 39.5 Å². The average molecular weight is 1470 g/mol. The first kappa shape index (κ1) is 98.1. The summed E-state index contributed by atoms with van der Waals surface area (Å²) in [6.07, 6.45) is 57.2. The molecule has 0 aromatic carbocycles. The zero-order valence-corrected chi connectivity index (χ0v) is 67.6. The summed E-state index contributed by atoms with van der Waals surface area (Å²) < 4.78 is 68.6. The van der Waals surface area contributed by atoms with E-state index in [9.17, 15) is 43.2 Å². The lowest BCUT2D eigenvalue weighted by atomic mass is 9.99. The van der Waals surface area contributed by atoms with E-state index in [1.54, 1.807) is 0 Å². The Morgan fingerprint density at radius 3 is 0.710 bits per heavy atom. The van der Waals surface area contributed by atoms with Crippen molar-refractivity contribution in [2.45, 2.75) is 433 Å². The number of hydrogen-bond donors (Lipinski definition) is 3. The van der Waals surface area contributed by atoms with E-state index in [-0.39, 0.29) is 25.7 Å². The Bertz CT molecular complexity index is 1960. The summed E-state index contributed by atoms with van der Waals surface area (Å²) in [7, 11) is -9.92. The molecule has 7 atom stereocenters. The first-order valence-corrected chi connectivity index (χ1v) is 44.8. The van der Waals surface area contributed by atoms with Crippen LogP contribution in [-0.2, 0) is 65.4 Å². The van der Waals surface area contributed by atoms with Gasteiger partial charge >= 0.3 is 39.5 Å². The second-order valence-corrected chi connectivity index (χ2v) is 33.5. The van der Waals surface area contributed by atoms with Gasteiger partial charge in [0.05, 0.1) is 26.4 Å². The lowest BCUT2D eigenvalue weighted by Crippen LogP contribution is -2.30. The molecule has 594 valence electrons. The van der Waals surface area contributed by atoms with Crippen LogP contribution in [0, 0.1) is 23.7 Å². The molecular formula is C81H158O17P2. The molecule has 0 heterocycles. The second-order valence-electron chi connectivity index (χ2n) is 30.6. The third-order valence-electron chi connectivity index (χ3n) is 19.5. The summed E-state index contributed by atoms with van der Waals surface area (Å²) in [4.78, 5) is 72.9. The second kappa shape index (κ2) is 70.1. The molecule has 0 bridgehead atoms. The number of carbonyl (C=O) groups excluding carboxylic acids is 4. The molecule has 0 fully saturated rings. The van der Waals surface area contributed by atoms with Crippen molar-refractivity contribution in [3.63, 3.8) is 0 Å². The molecule has 100 heavy (non-hydrogen) atoms. The highest BCUT2D eigenvalue weighted by Crippen LogP contribution is 2.45. The van der Waals surface area contributed by atoms with Crippen LogP contribution in [0.1, 0.15) is 415 Å². The molecule has 0 aliphatic heterocycles. The summed E-state index contributed by atoms with van der Waals surface area (Å²) >= 11 is 0. The highest BCUT2D eigenvalue weighted by Gasteiger charge is 2.30. The normalized spacial score (nSPS) is 14.6. The Morgan fingerprint density at radius 2 is 0.480 bits per heavy atom. The van der Waals surface area contributed by atoms with Crippen LogP contribution >= 0.6 is 15.6 Å². The molecule has 0 aliphatic rings. The van der Waals surface area contributed by atoms with Crippen molar-refractivity contribution in [2.24, 2.45) is 23.7 Å². The predicted octanol–water partition coefficient (Wildman–Crippen LogP) is 24.0. The topological polar surface area (TPSA) is 237 Å². The fourth-order valence-corrected chi connectivity index (χ4v) is 13.9. The Labute approximate surface area is 613 Å². The van der Waals surface area contributed by atoms with Crippen molar-refractivity contribution in [1.29, 1.82) is 0 Å². The highest BCUT2D eigenvalue weighted by molar-refractivity contribution is 7.47. The van der Waals surface area contributed by atoms with Gasteiger partial charge in [-0.25, -0.2) is 9.13 Å². The van der Waals surface area contributed by atoms with E-state index in [1.165, 1.54) is 212 Å². The minimum atomic E-state index is -4.96. The largest absolute Gasteiger partial charge is 0.472 e. The van der Waals surface area contributed by atoms with Crippen molar-refractivity contribution in [2.75, 3.05) is 39.6 Å². The molecular weight excluding hydrogens is 1310 g/mol. The van der Waals surface area contributed by atoms with Crippen LogP contribution in [0.5, 0.6) is 0 Å². The number of phosphoric ester groups is 2. The van der Waals surface area contributed by atoms with Gasteiger partial charge in [0.2, 0.25) is 0 Å². The number of unbranched alkanes of at least 4 members (excludes halogenated alkanes) is 42. The molecule has 0 rings (SSSR count). The van der Waals surface area contributed by atoms with Gasteiger partial charge in [-0.2, -0.15) is 0 Å². The maximum absolute atomic E-state index is 13.1. The molecule has 0 amide bonds. The van der Waals surface area contributed by atoms with E-state index in [0.29, 0.717) is 31.6 Å². The van der Waals surface area contributed by atoms with Crippen LogP contribution < -0.4 is 0 Å². The summed E-state index contributed by atoms with van der Waals surface area (Å²) in [5.74, 6) is 0.982. The van der Waals surface area contributed by atoms with Gasteiger partial charge in [0.1, 0.15) is 19.3 Å². The van der Waals surface area contributed by atoms with Crippen molar-refractivity contribution < 1.29 is 80.2 Å². The minimum absolute atomic E-state index is 0.102. The van der Waals surface area contributed by atoms with Crippen molar-refractivity contribution in [3.8, 4) is 0 Å². The smallest absolute Gasteiger partial charge is 0.462 e. The molecule has 17 nitrogen and oxygen atoms in total. The fourth-order valence-electron chi connectivity index (χ4n) is 12.4. The van der Waals surface area contributed by atoms with Gasteiger partial charge in [0, 0.05) is 25.7 Å².